The molecule has 4 aromatic rings. The second-order valence-electron chi connectivity index (χ2n) is 13.1. The second kappa shape index (κ2) is 14.5. The van der Waals surface area contributed by atoms with Crippen molar-refractivity contribution >= 4 is 33.5 Å². The molecular formula is C35H35F2N5O9S. The van der Waals surface area contributed by atoms with Crippen LogP contribution in [0.4, 0.5) is 14.5 Å². The Labute approximate surface area is 296 Å². The average Bonchev–Trinajstić information content (AvgIpc) is 3.08. The smallest absolute Gasteiger partial charge is 0.335 e. The Morgan fingerprint density at radius 1 is 0.962 bits per heavy atom. The number of halogens is 2. The molecule has 0 saturated carbocycles. The van der Waals surface area contributed by atoms with E-state index in [1.807, 2.05) is 4.72 Å². The molecule has 1 atom stereocenters. The Morgan fingerprint density at radius 3 is 2.23 bits per heavy atom. The molecule has 0 fully saturated rings. The van der Waals surface area contributed by atoms with Gasteiger partial charge in [0.2, 0.25) is 0 Å². The zero-order valence-electron chi connectivity index (χ0n) is 28.5. The highest BCUT2D eigenvalue weighted by Gasteiger charge is 2.26. The largest absolute Gasteiger partial charge is 0.480 e. The van der Waals surface area contributed by atoms with Gasteiger partial charge in [-0.05, 0) is 68.8 Å². The molecule has 0 radical (unpaired) electrons. The van der Waals surface area contributed by atoms with Crippen molar-refractivity contribution in [2.24, 2.45) is 7.05 Å². The molecule has 0 unspecified atom stereocenters. The summed E-state index contributed by atoms with van der Waals surface area (Å²) in [5, 5.41) is 14.7. The SMILES string of the molecule is Cn1c2c(c(=O)n(-c3ccc(C[C@H](NC(=O)c4cc(F)c(NS(=O)(=O)c5ccc(C(=O)NC(C)(C)C)cc5)cc4F)C(=O)O)cc3)c1=O)CCOC2. The Morgan fingerprint density at radius 2 is 1.62 bits per heavy atom. The number of rotatable bonds is 10. The van der Waals surface area contributed by atoms with Gasteiger partial charge < -0.3 is 20.5 Å². The third-order valence-corrected chi connectivity index (χ3v) is 9.51. The monoisotopic (exact) mass is 739 g/mol. The Bertz CT molecular complexity index is 2300. The number of benzene rings is 3. The van der Waals surface area contributed by atoms with E-state index < -0.39 is 73.5 Å². The summed E-state index contributed by atoms with van der Waals surface area (Å²) in [6.07, 6.45) is 0.0203. The van der Waals surface area contributed by atoms with Crippen molar-refractivity contribution in [2.75, 3.05) is 11.3 Å². The zero-order chi connectivity index (χ0) is 38.1. The number of carboxylic acids is 1. The van der Waals surface area contributed by atoms with Crippen molar-refractivity contribution in [3.8, 4) is 5.69 Å². The molecule has 5 rings (SSSR count). The molecule has 1 aliphatic rings. The summed E-state index contributed by atoms with van der Waals surface area (Å²) in [4.78, 5) is 63.1. The Hall–Kier alpha value is -5.68. The summed E-state index contributed by atoms with van der Waals surface area (Å²) in [7, 11) is -2.94. The predicted molar refractivity (Wildman–Crippen MR) is 184 cm³/mol. The maximum atomic E-state index is 15.1. The van der Waals surface area contributed by atoms with E-state index in [9.17, 15) is 37.5 Å². The number of carbonyl (C=O) groups excluding carboxylic acids is 2. The fourth-order valence-corrected chi connectivity index (χ4v) is 6.53. The molecule has 0 spiro atoms. The van der Waals surface area contributed by atoms with Gasteiger partial charge in [0.15, 0.2) is 0 Å². The third kappa shape index (κ3) is 8.10. The van der Waals surface area contributed by atoms with Crippen LogP contribution in [0.15, 0.2) is 75.1 Å². The number of amides is 2. The number of nitrogens with zero attached hydrogens (tertiary/aromatic N) is 2. The van der Waals surface area contributed by atoms with Crippen molar-refractivity contribution in [1.82, 2.24) is 19.8 Å². The lowest BCUT2D eigenvalue weighted by atomic mass is 10.0. The molecule has 14 nitrogen and oxygen atoms in total. The quantitative estimate of drug-likeness (QED) is 0.189. The molecule has 4 N–H and O–H groups in total. The number of carbonyl (C=O) groups is 3. The van der Waals surface area contributed by atoms with Crippen LogP contribution in [0.25, 0.3) is 5.69 Å². The molecule has 0 aliphatic carbocycles. The van der Waals surface area contributed by atoms with Crippen LogP contribution in [0.3, 0.4) is 0 Å². The topological polar surface area (TPSA) is 195 Å². The van der Waals surface area contributed by atoms with Crippen LogP contribution in [0.1, 0.15) is 58.3 Å². The summed E-state index contributed by atoms with van der Waals surface area (Å²) in [5.74, 6) is -5.89. The first-order chi connectivity index (χ1) is 24.4. The molecule has 0 saturated heterocycles. The van der Waals surface area contributed by atoms with E-state index in [-0.39, 0.29) is 29.2 Å². The minimum Gasteiger partial charge on any atom is -0.480 e. The van der Waals surface area contributed by atoms with Gasteiger partial charge in [-0.25, -0.2) is 31.4 Å². The molecule has 0 bridgehead atoms. The first-order valence-electron chi connectivity index (χ1n) is 15.9. The summed E-state index contributed by atoms with van der Waals surface area (Å²) >= 11 is 0. The highest BCUT2D eigenvalue weighted by molar-refractivity contribution is 7.92. The Kier molecular flexibility index (Phi) is 10.5. The number of hydrogen-bond acceptors (Lipinski definition) is 8. The van der Waals surface area contributed by atoms with Crippen LogP contribution in [0, 0.1) is 11.6 Å². The van der Waals surface area contributed by atoms with Crippen LogP contribution in [-0.4, -0.2) is 58.6 Å². The molecule has 274 valence electrons. The van der Waals surface area contributed by atoms with Crippen molar-refractivity contribution in [2.45, 2.75) is 56.7 Å². The van der Waals surface area contributed by atoms with E-state index in [0.717, 1.165) is 16.7 Å². The van der Waals surface area contributed by atoms with Crippen LogP contribution >= 0.6 is 0 Å². The normalized spacial score (nSPS) is 13.5. The molecule has 2 amide bonds. The number of anilines is 1. The van der Waals surface area contributed by atoms with Gasteiger partial charge in [-0.15, -0.1) is 0 Å². The molecule has 17 heteroatoms. The maximum absolute atomic E-state index is 15.1. The summed E-state index contributed by atoms with van der Waals surface area (Å²) in [6.45, 7) is 5.77. The lowest BCUT2D eigenvalue weighted by Crippen LogP contribution is -2.43. The van der Waals surface area contributed by atoms with Gasteiger partial charge >= 0.3 is 11.7 Å². The fourth-order valence-electron chi connectivity index (χ4n) is 5.47. The average molecular weight is 740 g/mol. The molecule has 2 heterocycles. The van der Waals surface area contributed by atoms with Gasteiger partial charge in [0, 0.05) is 42.6 Å². The van der Waals surface area contributed by atoms with Gasteiger partial charge in [0.05, 0.1) is 40.7 Å². The highest BCUT2D eigenvalue weighted by Crippen LogP contribution is 2.24. The van der Waals surface area contributed by atoms with E-state index in [2.05, 4.69) is 10.6 Å². The number of aliphatic carboxylic acids is 1. The highest BCUT2D eigenvalue weighted by atomic mass is 32.2. The van der Waals surface area contributed by atoms with Crippen molar-refractivity contribution < 1.29 is 41.4 Å². The molecule has 52 heavy (non-hydrogen) atoms. The fraction of sp³-hybridized carbons (Fsp3) is 0.286. The van der Waals surface area contributed by atoms with Crippen LogP contribution < -0.4 is 26.6 Å². The summed E-state index contributed by atoms with van der Waals surface area (Å²) in [5.41, 5.74) is -1.62. The number of fused-ring (bicyclic) bond motifs is 1. The zero-order valence-corrected chi connectivity index (χ0v) is 29.3. The minimum atomic E-state index is -4.47. The summed E-state index contributed by atoms with van der Waals surface area (Å²) in [6, 6.07) is 9.79. The van der Waals surface area contributed by atoms with Crippen molar-refractivity contribution in [3.05, 3.63) is 121 Å². The van der Waals surface area contributed by atoms with E-state index in [1.54, 1.807) is 20.8 Å². The minimum absolute atomic E-state index is 0.133. The van der Waals surface area contributed by atoms with Crippen LogP contribution in [-0.2, 0) is 46.1 Å². The lowest BCUT2D eigenvalue weighted by Gasteiger charge is -2.20. The van der Waals surface area contributed by atoms with E-state index in [0.29, 0.717) is 42.0 Å². The number of nitrogens with one attached hydrogen (secondary N) is 3. The lowest BCUT2D eigenvalue weighted by molar-refractivity contribution is -0.139. The maximum Gasteiger partial charge on any atom is 0.335 e. The molecule has 1 aliphatic heterocycles. The number of sulfonamides is 1. The molecule has 1 aromatic heterocycles. The van der Waals surface area contributed by atoms with E-state index in [4.69, 9.17) is 4.74 Å². The number of carboxylic acid groups (broad SMARTS) is 1. The van der Waals surface area contributed by atoms with Gasteiger partial charge in [0.25, 0.3) is 27.4 Å². The number of ether oxygens (including phenoxy) is 1. The first-order valence-corrected chi connectivity index (χ1v) is 17.3. The first kappa shape index (κ1) is 37.6. The Balaban J connectivity index is 1.29. The van der Waals surface area contributed by atoms with E-state index in [1.165, 1.54) is 48.0 Å². The second-order valence-corrected chi connectivity index (χ2v) is 14.8. The van der Waals surface area contributed by atoms with Crippen LogP contribution in [0.2, 0.25) is 0 Å². The third-order valence-electron chi connectivity index (χ3n) is 8.13. The van der Waals surface area contributed by atoms with Gasteiger partial charge in [-0.1, -0.05) is 12.1 Å². The van der Waals surface area contributed by atoms with Gasteiger partial charge in [0.1, 0.15) is 17.7 Å². The van der Waals surface area contributed by atoms with Crippen LogP contribution in [0.5, 0.6) is 0 Å². The standard InChI is InChI=1S/C35H35F2N5O9S/c1-35(2,3)39-30(43)20-7-11-22(12-8-20)52(49,50)40-27-17-25(36)24(16-26(27)37)31(44)38-28(33(46)47)15-19-5-9-21(10-6-19)42-32(45)23-13-14-51-18-29(23)41(4)34(42)48/h5-12,16-17,28,40H,13-15,18H2,1-4H3,(H,38,44)(H,39,43)(H,46,47)/t28-/m0/s1. The number of aromatic nitrogens is 2. The number of hydrogen-bond donors (Lipinski definition) is 4. The molecule has 3 aromatic carbocycles. The molecular weight excluding hydrogens is 704 g/mol. The summed E-state index contributed by atoms with van der Waals surface area (Å²) < 4.78 is 65.6. The van der Waals surface area contributed by atoms with Crippen molar-refractivity contribution in [3.63, 3.8) is 0 Å². The van der Waals surface area contributed by atoms with Crippen molar-refractivity contribution in [1.29, 1.82) is 0 Å². The van der Waals surface area contributed by atoms with Gasteiger partial charge in [-0.2, -0.15) is 0 Å². The van der Waals surface area contributed by atoms with Gasteiger partial charge in [-0.3, -0.25) is 23.7 Å². The predicted octanol–water partition coefficient (Wildman–Crippen LogP) is 2.64. The van der Waals surface area contributed by atoms with E-state index >= 15 is 8.78 Å².